The number of hydrazine groups is 1. The Bertz CT molecular complexity index is 624. The number of ether oxygens (including phenoxy) is 1. The molecule has 0 aliphatic heterocycles. The van der Waals surface area contributed by atoms with Crippen LogP contribution in [-0.2, 0) is 11.2 Å². The predicted octanol–water partition coefficient (Wildman–Crippen LogP) is 2.09. The quantitative estimate of drug-likeness (QED) is 0.831. The molecule has 2 rings (SSSR count). The van der Waals surface area contributed by atoms with E-state index in [1.54, 1.807) is 24.3 Å². The molecule has 0 fully saturated rings. The smallest absolute Gasteiger partial charge is 0.269 e. The van der Waals surface area contributed by atoms with Crippen LogP contribution in [0.5, 0.6) is 5.75 Å². The molecule has 0 aliphatic carbocycles. The molecule has 0 spiro atoms. The number of hydrogen-bond acceptors (Lipinski definition) is 3. The second-order valence-electron chi connectivity index (χ2n) is 4.62. The third-order valence-electron chi connectivity index (χ3n) is 2.95. The first kappa shape index (κ1) is 15.6. The van der Waals surface area contributed by atoms with Crippen LogP contribution in [0.15, 0.2) is 54.6 Å². The van der Waals surface area contributed by atoms with E-state index in [-0.39, 0.29) is 18.2 Å². The van der Waals surface area contributed by atoms with E-state index in [0.29, 0.717) is 12.2 Å². The molecule has 0 heterocycles. The van der Waals surface area contributed by atoms with Crippen LogP contribution < -0.4 is 15.6 Å². The maximum atomic E-state index is 11.8. The van der Waals surface area contributed by atoms with Crippen molar-refractivity contribution >= 4 is 11.8 Å². The first-order chi connectivity index (χ1) is 10.7. The van der Waals surface area contributed by atoms with Gasteiger partial charge >= 0.3 is 0 Å². The number of amides is 2. The Morgan fingerprint density at radius 1 is 0.955 bits per heavy atom. The Morgan fingerprint density at radius 3 is 2.27 bits per heavy atom. The Labute approximate surface area is 129 Å². The predicted molar refractivity (Wildman–Crippen MR) is 83.4 cm³/mol. The Morgan fingerprint density at radius 2 is 1.64 bits per heavy atom. The summed E-state index contributed by atoms with van der Waals surface area (Å²) >= 11 is 0. The molecule has 0 bridgehead atoms. The molecule has 0 aromatic heterocycles. The van der Waals surface area contributed by atoms with Gasteiger partial charge in [0.1, 0.15) is 5.75 Å². The van der Waals surface area contributed by atoms with Crippen molar-refractivity contribution in [1.29, 1.82) is 0 Å². The number of benzene rings is 2. The number of carbonyl (C=O) groups is 2. The van der Waals surface area contributed by atoms with E-state index in [4.69, 9.17) is 4.74 Å². The van der Waals surface area contributed by atoms with Crippen molar-refractivity contribution in [1.82, 2.24) is 10.9 Å². The van der Waals surface area contributed by atoms with Crippen molar-refractivity contribution in [3.63, 3.8) is 0 Å². The van der Waals surface area contributed by atoms with E-state index < -0.39 is 0 Å². The molecule has 5 nitrogen and oxygen atoms in total. The van der Waals surface area contributed by atoms with Gasteiger partial charge in [-0.3, -0.25) is 20.4 Å². The van der Waals surface area contributed by atoms with Crippen molar-refractivity contribution in [3.8, 4) is 5.75 Å². The van der Waals surface area contributed by atoms with E-state index in [9.17, 15) is 9.59 Å². The van der Waals surface area contributed by atoms with Crippen LogP contribution in [0.25, 0.3) is 0 Å². The van der Waals surface area contributed by atoms with Gasteiger partial charge in [-0.15, -0.1) is 0 Å². The van der Waals surface area contributed by atoms with Crippen molar-refractivity contribution in [2.45, 2.75) is 13.3 Å². The molecular formula is C17H18N2O3. The summed E-state index contributed by atoms with van der Waals surface area (Å²) in [6.07, 6.45) is 0.182. The monoisotopic (exact) mass is 298 g/mol. The van der Waals surface area contributed by atoms with Gasteiger partial charge in [0, 0.05) is 5.56 Å². The summed E-state index contributed by atoms with van der Waals surface area (Å²) in [4.78, 5) is 23.6. The summed E-state index contributed by atoms with van der Waals surface area (Å²) in [6.45, 7) is 2.52. The molecule has 0 saturated carbocycles. The van der Waals surface area contributed by atoms with E-state index >= 15 is 0 Å². The molecule has 0 saturated heterocycles. The van der Waals surface area contributed by atoms with Crippen LogP contribution in [-0.4, -0.2) is 18.4 Å². The zero-order valence-corrected chi connectivity index (χ0v) is 12.3. The van der Waals surface area contributed by atoms with Crippen LogP contribution in [0.2, 0.25) is 0 Å². The summed E-state index contributed by atoms with van der Waals surface area (Å²) < 4.78 is 5.34. The lowest BCUT2D eigenvalue weighted by Crippen LogP contribution is -2.42. The van der Waals surface area contributed by atoms with Crippen LogP contribution >= 0.6 is 0 Å². The second-order valence-corrected chi connectivity index (χ2v) is 4.62. The number of carbonyl (C=O) groups excluding carboxylic acids is 2. The number of hydrogen-bond donors (Lipinski definition) is 2. The molecule has 0 atom stereocenters. The van der Waals surface area contributed by atoms with Crippen molar-refractivity contribution in [2.75, 3.05) is 6.61 Å². The lowest BCUT2D eigenvalue weighted by atomic mass is 10.1. The zero-order valence-electron chi connectivity index (χ0n) is 12.3. The highest BCUT2D eigenvalue weighted by molar-refractivity contribution is 5.95. The second kappa shape index (κ2) is 7.83. The first-order valence-electron chi connectivity index (χ1n) is 7.05. The third-order valence-corrected chi connectivity index (χ3v) is 2.95. The maximum Gasteiger partial charge on any atom is 0.269 e. The van der Waals surface area contributed by atoms with Crippen LogP contribution in [0.3, 0.4) is 0 Å². The minimum atomic E-state index is -0.347. The summed E-state index contributed by atoms with van der Waals surface area (Å²) in [7, 11) is 0. The Balaban J connectivity index is 1.81. The van der Waals surface area contributed by atoms with Crippen molar-refractivity contribution in [2.24, 2.45) is 0 Å². The largest absolute Gasteiger partial charge is 0.494 e. The highest BCUT2D eigenvalue weighted by Crippen LogP contribution is 2.12. The van der Waals surface area contributed by atoms with Crippen LogP contribution in [0.1, 0.15) is 22.8 Å². The Hall–Kier alpha value is -2.82. The third kappa shape index (κ3) is 4.63. The molecule has 0 radical (unpaired) electrons. The minimum absolute atomic E-state index is 0.182. The summed E-state index contributed by atoms with van der Waals surface area (Å²) in [5, 5.41) is 0. The van der Waals surface area contributed by atoms with Crippen molar-refractivity contribution in [3.05, 3.63) is 65.7 Å². The van der Waals surface area contributed by atoms with Gasteiger partial charge in [0.05, 0.1) is 13.0 Å². The molecule has 2 N–H and O–H groups in total. The van der Waals surface area contributed by atoms with Crippen LogP contribution in [0.4, 0.5) is 0 Å². The standard InChI is InChI=1S/C17H18N2O3/c1-2-22-15-10-8-13(9-11-15)12-16(20)18-19-17(21)14-6-4-3-5-7-14/h3-11H,2,12H2,1H3,(H,18,20)(H,19,21). The molecule has 2 aromatic carbocycles. The van der Waals surface area contributed by atoms with Gasteiger partial charge in [0.25, 0.3) is 5.91 Å². The molecule has 22 heavy (non-hydrogen) atoms. The van der Waals surface area contributed by atoms with Crippen LogP contribution in [0, 0.1) is 0 Å². The van der Waals surface area contributed by atoms with E-state index in [1.165, 1.54) is 0 Å². The molecule has 0 unspecified atom stereocenters. The Kier molecular flexibility index (Phi) is 5.54. The lowest BCUT2D eigenvalue weighted by Gasteiger charge is -2.08. The van der Waals surface area contributed by atoms with E-state index in [0.717, 1.165) is 11.3 Å². The van der Waals surface area contributed by atoms with E-state index in [1.807, 2.05) is 37.3 Å². The highest BCUT2D eigenvalue weighted by atomic mass is 16.5. The zero-order chi connectivity index (χ0) is 15.8. The van der Waals surface area contributed by atoms with Gasteiger partial charge in [-0.2, -0.15) is 0 Å². The fourth-order valence-corrected chi connectivity index (χ4v) is 1.89. The fourth-order valence-electron chi connectivity index (χ4n) is 1.89. The van der Waals surface area contributed by atoms with Gasteiger partial charge in [0.2, 0.25) is 5.91 Å². The topological polar surface area (TPSA) is 67.4 Å². The molecule has 2 aromatic rings. The minimum Gasteiger partial charge on any atom is -0.494 e. The van der Waals surface area contributed by atoms with Gasteiger partial charge in [-0.05, 0) is 36.8 Å². The maximum absolute atomic E-state index is 11.8. The fraction of sp³-hybridized carbons (Fsp3) is 0.176. The van der Waals surface area contributed by atoms with Gasteiger partial charge in [-0.25, -0.2) is 0 Å². The number of nitrogens with one attached hydrogen (secondary N) is 2. The lowest BCUT2D eigenvalue weighted by molar-refractivity contribution is -0.121. The molecule has 5 heteroatoms. The van der Waals surface area contributed by atoms with E-state index in [2.05, 4.69) is 10.9 Å². The highest BCUT2D eigenvalue weighted by Gasteiger charge is 2.07. The molecule has 0 aliphatic rings. The summed E-state index contributed by atoms with van der Waals surface area (Å²) in [5.74, 6) is 0.137. The summed E-state index contributed by atoms with van der Waals surface area (Å²) in [5.41, 5.74) is 6.12. The van der Waals surface area contributed by atoms with Gasteiger partial charge in [-0.1, -0.05) is 30.3 Å². The average Bonchev–Trinajstić information content (AvgIpc) is 2.55. The summed E-state index contributed by atoms with van der Waals surface area (Å²) in [6, 6.07) is 16.0. The molecule has 114 valence electrons. The van der Waals surface area contributed by atoms with Crippen molar-refractivity contribution < 1.29 is 14.3 Å². The SMILES string of the molecule is CCOc1ccc(CC(=O)NNC(=O)c2ccccc2)cc1. The molecule has 2 amide bonds. The normalized spacial score (nSPS) is 9.86. The molecular weight excluding hydrogens is 280 g/mol. The van der Waals surface area contributed by atoms with Gasteiger partial charge in [0.15, 0.2) is 0 Å². The first-order valence-corrected chi connectivity index (χ1v) is 7.05. The van der Waals surface area contributed by atoms with Gasteiger partial charge < -0.3 is 4.74 Å². The number of rotatable bonds is 5. The average molecular weight is 298 g/mol.